The van der Waals surface area contributed by atoms with Crippen LogP contribution in [0.25, 0.3) is 11.0 Å². The minimum atomic E-state index is -0.813. The van der Waals surface area contributed by atoms with E-state index < -0.39 is 26.8 Å². The molecule has 22 heavy (non-hydrogen) atoms. The average Bonchev–Trinajstić information content (AvgIpc) is 3.00. The van der Waals surface area contributed by atoms with Crippen LogP contribution in [0.3, 0.4) is 0 Å². The van der Waals surface area contributed by atoms with Gasteiger partial charge in [-0.2, -0.15) is 4.98 Å². The van der Waals surface area contributed by atoms with E-state index in [4.69, 9.17) is 4.42 Å². The summed E-state index contributed by atoms with van der Waals surface area (Å²) in [6.45, 7) is 1.28. The summed E-state index contributed by atoms with van der Waals surface area (Å²) in [6.07, 6.45) is 1.82. The summed E-state index contributed by atoms with van der Waals surface area (Å²) in [6, 6.07) is 1.72. The minimum Gasteiger partial charge on any atom is -0.417 e. The minimum absolute atomic E-state index is 0.00644. The number of rotatable bonds is 3. The van der Waals surface area contributed by atoms with Crippen molar-refractivity contribution in [2.24, 2.45) is 0 Å². The lowest BCUT2D eigenvalue weighted by Gasteiger charge is -2.13. The Morgan fingerprint density at radius 2 is 1.82 bits per heavy atom. The van der Waals surface area contributed by atoms with Crippen LogP contribution in [0.1, 0.15) is 12.8 Å². The molecular formula is C12H10N4O6. The summed E-state index contributed by atoms with van der Waals surface area (Å²) >= 11 is 0. The van der Waals surface area contributed by atoms with E-state index >= 15 is 0 Å². The summed E-state index contributed by atoms with van der Waals surface area (Å²) in [4.78, 5) is 37.9. The number of nitro benzene ring substituents is 2. The van der Waals surface area contributed by atoms with Gasteiger partial charge in [0.1, 0.15) is 0 Å². The normalized spacial score (nSPS) is 14.5. The van der Waals surface area contributed by atoms with Crippen LogP contribution in [0.4, 0.5) is 17.4 Å². The van der Waals surface area contributed by atoms with Gasteiger partial charge in [-0.05, 0) is 12.8 Å². The molecule has 3 rings (SSSR count). The quantitative estimate of drug-likeness (QED) is 0.616. The first-order valence-corrected chi connectivity index (χ1v) is 6.50. The Balaban J connectivity index is 2.29. The second-order valence-electron chi connectivity index (χ2n) is 4.85. The SMILES string of the molecule is O=c1nc(N2CCCC2)oc2c([N+](=O)[O-])cc([N+](=O)[O-])cc12. The zero-order valence-corrected chi connectivity index (χ0v) is 11.2. The van der Waals surface area contributed by atoms with E-state index in [2.05, 4.69) is 4.98 Å². The highest BCUT2D eigenvalue weighted by Crippen LogP contribution is 2.31. The van der Waals surface area contributed by atoms with Crippen molar-refractivity contribution >= 4 is 28.4 Å². The molecule has 1 aliphatic rings. The molecule has 0 radical (unpaired) electrons. The van der Waals surface area contributed by atoms with Gasteiger partial charge in [0.25, 0.3) is 11.2 Å². The molecule has 0 spiro atoms. The van der Waals surface area contributed by atoms with Gasteiger partial charge in [-0.25, -0.2) is 0 Å². The molecule has 10 heteroatoms. The van der Waals surface area contributed by atoms with E-state index in [1.807, 2.05) is 0 Å². The Labute approximate surface area is 122 Å². The van der Waals surface area contributed by atoms with Crippen LogP contribution in [0, 0.1) is 20.2 Å². The van der Waals surface area contributed by atoms with Gasteiger partial charge in [-0.1, -0.05) is 0 Å². The van der Waals surface area contributed by atoms with Gasteiger partial charge >= 0.3 is 11.7 Å². The molecular weight excluding hydrogens is 296 g/mol. The third-order valence-corrected chi connectivity index (χ3v) is 3.46. The Hall–Kier alpha value is -3.04. The molecule has 0 bridgehead atoms. The maximum atomic E-state index is 12.1. The number of hydrogen-bond donors (Lipinski definition) is 0. The molecule has 0 amide bonds. The van der Waals surface area contributed by atoms with Crippen molar-refractivity contribution in [1.29, 1.82) is 0 Å². The van der Waals surface area contributed by atoms with E-state index in [1.165, 1.54) is 0 Å². The molecule has 10 nitrogen and oxygen atoms in total. The fourth-order valence-corrected chi connectivity index (χ4v) is 2.41. The van der Waals surface area contributed by atoms with Crippen molar-refractivity contribution in [2.75, 3.05) is 18.0 Å². The van der Waals surface area contributed by atoms with E-state index in [0.29, 0.717) is 13.1 Å². The molecule has 0 saturated carbocycles. The predicted octanol–water partition coefficient (Wildman–Crippen LogP) is 1.60. The van der Waals surface area contributed by atoms with E-state index in [-0.39, 0.29) is 17.0 Å². The fraction of sp³-hybridized carbons (Fsp3) is 0.333. The number of fused-ring (bicyclic) bond motifs is 1. The third kappa shape index (κ3) is 2.24. The maximum absolute atomic E-state index is 12.1. The first kappa shape index (κ1) is 13.9. The summed E-state index contributed by atoms with van der Waals surface area (Å²) in [7, 11) is 0. The molecule has 1 aliphatic heterocycles. The smallest absolute Gasteiger partial charge is 0.319 e. The number of aromatic nitrogens is 1. The predicted molar refractivity (Wildman–Crippen MR) is 75.0 cm³/mol. The lowest BCUT2D eigenvalue weighted by Crippen LogP contribution is -2.22. The average molecular weight is 306 g/mol. The summed E-state index contributed by atoms with van der Waals surface area (Å²) in [5.41, 5.74) is -2.25. The molecule has 0 atom stereocenters. The van der Waals surface area contributed by atoms with Gasteiger partial charge < -0.3 is 9.32 Å². The maximum Gasteiger partial charge on any atom is 0.319 e. The largest absolute Gasteiger partial charge is 0.417 e. The number of anilines is 1. The Morgan fingerprint density at radius 1 is 1.14 bits per heavy atom. The van der Waals surface area contributed by atoms with Crippen molar-refractivity contribution in [2.45, 2.75) is 12.8 Å². The van der Waals surface area contributed by atoms with Crippen molar-refractivity contribution in [3.05, 3.63) is 42.7 Å². The number of non-ortho nitro benzene ring substituents is 2. The molecule has 0 N–H and O–H groups in total. The summed E-state index contributed by atoms with van der Waals surface area (Å²) in [5.74, 6) is 0. The molecule has 114 valence electrons. The van der Waals surface area contributed by atoms with Crippen molar-refractivity contribution in [3.8, 4) is 0 Å². The number of nitro groups is 2. The number of benzene rings is 1. The van der Waals surface area contributed by atoms with E-state index in [0.717, 1.165) is 25.0 Å². The van der Waals surface area contributed by atoms with Crippen LogP contribution in [-0.2, 0) is 0 Å². The fourth-order valence-electron chi connectivity index (χ4n) is 2.41. The van der Waals surface area contributed by atoms with E-state index in [9.17, 15) is 25.0 Å². The zero-order valence-electron chi connectivity index (χ0n) is 11.2. The van der Waals surface area contributed by atoms with Crippen molar-refractivity contribution in [1.82, 2.24) is 4.98 Å². The van der Waals surface area contributed by atoms with Gasteiger partial charge in [0.2, 0.25) is 5.58 Å². The van der Waals surface area contributed by atoms with Gasteiger partial charge in [0, 0.05) is 19.2 Å². The highest BCUT2D eigenvalue weighted by atomic mass is 16.6. The monoisotopic (exact) mass is 306 g/mol. The Bertz CT molecular complexity index is 839. The van der Waals surface area contributed by atoms with Crippen LogP contribution in [0.2, 0.25) is 0 Å². The molecule has 1 aromatic carbocycles. The lowest BCUT2D eigenvalue weighted by molar-refractivity contribution is -0.393. The van der Waals surface area contributed by atoms with Gasteiger partial charge in [-0.3, -0.25) is 25.0 Å². The number of hydrogen-bond acceptors (Lipinski definition) is 8. The highest BCUT2D eigenvalue weighted by molar-refractivity contribution is 5.87. The summed E-state index contributed by atoms with van der Waals surface area (Å²) < 4.78 is 5.40. The van der Waals surface area contributed by atoms with Gasteiger partial charge in [0.15, 0.2) is 0 Å². The second kappa shape index (κ2) is 5.06. The Kier molecular flexibility index (Phi) is 3.20. The van der Waals surface area contributed by atoms with Crippen LogP contribution >= 0.6 is 0 Å². The Morgan fingerprint density at radius 3 is 2.41 bits per heavy atom. The standard InChI is InChI=1S/C12H10N4O6/c17-11-8-5-7(15(18)19)6-9(16(20)21)10(8)22-12(13-11)14-3-1-2-4-14/h5-6H,1-4H2. The zero-order chi connectivity index (χ0) is 15.9. The molecule has 1 aromatic heterocycles. The van der Waals surface area contributed by atoms with Gasteiger partial charge in [-0.15, -0.1) is 0 Å². The summed E-state index contributed by atoms with van der Waals surface area (Å²) in [5, 5.41) is 21.7. The van der Waals surface area contributed by atoms with E-state index in [1.54, 1.807) is 4.90 Å². The molecule has 1 fully saturated rings. The lowest BCUT2D eigenvalue weighted by atomic mass is 10.2. The second-order valence-corrected chi connectivity index (χ2v) is 4.85. The van der Waals surface area contributed by atoms with Gasteiger partial charge in [0.05, 0.1) is 21.3 Å². The number of nitrogens with zero attached hydrogens (tertiary/aromatic N) is 4. The molecule has 2 heterocycles. The van der Waals surface area contributed by atoms with Crippen LogP contribution in [-0.4, -0.2) is 27.9 Å². The third-order valence-electron chi connectivity index (χ3n) is 3.46. The van der Waals surface area contributed by atoms with Crippen LogP contribution in [0.5, 0.6) is 0 Å². The van der Waals surface area contributed by atoms with Crippen LogP contribution < -0.4 is 10.5 Å². The van der Waals surface area contributed by atoms with Crippen molar-refractivity contribution in [3.63, 3.8) is 0 Å². The topological polar surface area (TPSA) is 133 Å². The first-order valence-electron chi connectivity index (χ1n) is 6.50. The molecule has 0 aliphatic carbocycles. The van der Waals surface area contributed by atoms with Crippen molar-refractivity contribution < 1.29 is 14.3 Å². The highest BCUT2D eigenvalue weighted by Gasteiger charge is 2.26. The van der Waals surface area contributed by atoms with Crippen LogP contribution in [0.15, 0.2) is 21.3 Å². The molecule has 2 aromatic rings. The molecule has 0 unspecified atom stereocenters. The first-order chi connectivity index (χ1) is 10.5. The molecule has 1 saturated heterocycles.